The first-order valence-electron chi connectivity index (χ1n) is 8.16. The van der Waals surface area contributed by atoms with Crippen molar-refractivity contribution in [2.45, 2.75) is 43.8 Å². The monoisotopic (exact) mass is 387 g/mol. The molecule has 0 amide bonds. The Morgan fingerprint density at radius 1 is 1.08 bits per heavy atom. The molecule has 6 heteroatoms. The molecule has 2 N–H and O–H groups in total. The molecule has 0 aromatic heterocycles. The highest BCUT2D eigenvalue weighted by Crippen LogP contribution is 2.37. The van der Waals surface area contributed by atoms with Gasteiger partial charge in [0.15, 0.2) is 17.5 Å². The van der Waals surface area contributed by atoms with Crippen molar-refractivity contribution in [1.29, 1.82) is 0 Å². The standard InChI is InChI=1S/C19H21ClF3NS/c1-3-13-11(2)7-15(20)19(14(13)5-4-6-24)25-10-12-8-16(21)18(23)17(22)9-12/h7-9H,3-6,10,24H2,1-2H3. The maximum Gasteiger partial charge on any atom is 0.194 e. The van der Waals surface area contributed by atoms with E-state index in [4.69, 9.17) is 17.3 Å². The Bertz CT molecular complexity index is 742. The molecule has 0 aliphatic rings. The van der Waals surface area contributed by atoms with Crippen LogP contribution in [0.2, 0.25) is 5.02 Å². The third kappa shape index (κ3) is 4.72. The zero-order valence-electron chi connectivity index (χ0n) is 14.3. The van der Waals surface area contributed by atoms with Crippen LogP contribution < -0.4 is 5.73 Å². The van der Waals surface area contributed by atoms with Crippen LogP contribution in [0.15, 0.2) is 23.1 Å². The van der Waals surface area contributed by atoms with Crippen molar-refractivity contribution in [2.24, 2.45) is 5.73 Å². The van der Waals surface area contributed by atoms with Gasteiger partial charge in [-0.05, 0) is 73.2 Å². The highest BCUT2D eigenvalue weighted by atomic mass is 35.5. The number of nitrogens with two attached hydrogens (primary N) is 1. The number of aryl methyl sites for hydroxylation is 1. The lowest BCUT2D eigenvalue weighted by molar-refractivity contribution is 0.446. The number of hydrogen-bond donors (Lipinski definition) is 1. The summed E-state index contributed by atoms with van der Waals surface area (Å²) in [6.45, 7) is 4.68. The molecule has 136 valence electrons. The lowest BCUT2D eigenvalue weighted by Gasteiger charge is -2.18. The van der Waals surface area contributed by atoms with Crippen LogP contribution in [0, 0.1) is 24.4 Å². The molecule has 0 radical (unpaired) electrons. The van der Waals surface area contributed by atoms with E-state index in [1.165, 1.54) is 17.3 Å². The van der Waals surface area contributed by atoms with Crippen molar-refractivity contribution >= 4 is 23.4 Å². The highest BCUT2D eigenvalue weighted by molar-refractivity contribution is 7.98. The van der Waals surface area contributed by atoms with Crippen LogP contribution in [-0.4, -0.2) is 6.54 Å². The lowest BCUT2D eigenvalue weighted by Crippen LogP contribution is -2.05. The van der Waals surface area contributed by atoms with Gasteiger partial charge in [0.25, 0.3) is 0 Å². The van der Waals surface area contributed by atoms with Crippen molar-refractivity contribution in [1.82, 2.24) is 0 Å². The van der Waals surface area contributed by atoms with Crippen LogP contribution >= 0.6 is 23.4 Å². The minimum atomic E-state index is -1.45. The molecule has 2 aromatic carbocycles. The molecule has 1 nitrogen and oxygen atoms in total. The van der Waals surface area contributed by atoms with Gasteiger partial charge in [-0.3, -0.25) is 0 Å². The minimum Gasteiger partial charge on any atom is -0.330 e. The van der Waals surface area contributed by atoms with E-state index in [-0.39, 0.29) is 0 Å². The van der Waals surface area contributed by atoms with E-state index in [2.05, 4.69) is 6.92 Å². The van der Waals surface area contributed by atoms with Gasteiger partial charge in [0, 0.05) is 10.6 Å². The summed E-state index contributed by atoms with van der Waals surface area (Å²) < 4.78 is 39.9. The van der Waals surface area contributed by atoms with Crippen LogP contribution in [-0.2, 0) is 18.6 Å². The molecule has 2 aromatic rings. The van der Waals surface area contributed by atoms with Crippen molar-refractivity contribution in [3.05, 3.63) is 62.9 Å². The highest BCUT2D eigenvalue weighted by Gasteiger charge is 2.16. The van der Waals surface area contributed by atoms with Crippen molar-refractivity contribution in [3.63, 3.8) is 0 Å². The molecular formula is C19H21ClF3NS. The van der Waals surface area contributed by atoms with Gasteiger partial charge >= 0.3 is 0 Å². The largest absolute Gasteiger partial charge is 0.330 e. The van der Waals surface area contributed by atoms with Crippen LogP contribution in [0.1, 0.15) is 35.6 Å². The summed E-state index contributed by atoms with van der Waals surface area (Å²) in [5, 5.41) is 0.620. The molecule has 0 aliphatic carbocycles. The average molecular weight is 388 g/mol. The Balaban J connectivity index is 2.35. The summed E-state index contributed by atoms with van der Waals surface area (Å²) in [5.41, 5.74) is 9.53. The zero-order valence-corrected chi connectivity index (χ0v) is 15.8. The Kier molecular flexibility index (Phi) is 7.23. The smallest absolute Gasteiger partial charge is 0.194 e. The molecule has 0 unspecified atom stereocenters. The molecular weight excluding hydrogens is 367 g/mol. The molecule has 0 atom stereocenters. The van der Waals surface area contributed by atoms with E-state index < -0.39 is 17.5 Å². The van der Waals surface area contributed by atoms with Gasteiger partial charge in [-0.2, -0.15) is 0 Å². The summed E-state index contributed by atoms with van der Waals surface area (Å²) in [6.07, 6.45) is 2.51. The van der Waals surface area contributed by atoms with Crippen LogP contribution in [0.4, 0.5) is 13.2 Å². The van der Waals surface area contributed by atoms with E-state index in [0.29, 0.717) is 22.9 Å². The molecule has 0 bridgehead atoms. The molecule has 0 saturated heterocycles. The average Bonchev–Trinajstić information content (AvgIpc) is 2.56. The number of rotatable bonds is 7. The third-order valence-corrected chi connectivity index (χ3v) is 5.73. The van der Waals surface area contributed by atoms with E-state index in [9.17, 15) is 13.2 Å². The SMILES string of the molecule is CCc1c(C)cc(Cl)c(SCc2cc(F)c(F)c(F)c2)c1CCCN. The van der Waals surface area contributed by atoms with Crippen molar-refractivity contribution in [3.8, 4) is 0 Å². The molecule has 0 spiro atoms. The maximum atomic E-state index is 13.4. The summed E-state index contributed by atoms with van der Waals surface area (Å²) in [7, 11) is 0. The molecule has 0 heterocycles. The second-order valence-corrected chi connectivity index (χ2v) is 7.26. The van der Waals surface area contributed by atoms with Gasteiger partial charge in [0.1, 0.15) is 0 Å². The Morgan fingerprint density at radius 3 is 2.28 bits per heavy atom. The predicted molar refractivity (Wildman–Crippen MR) is 98.8 cm³/mol. The predicted octanol–water partition coefficient (Wildman–Crippen LogP) is 5.81. The topological polar surface area (TPSA) is 26.0 Å². The maximum absolute atomic E-state index is 13.4. The fourth-order valence-electron chi connectivity index (χ4n) is 2.90. The normalized spacial score (nSPS) is 11.2. The molecule has 0 saturated carbocycles. The summed E-state index contributed by atoms with van der Waals surface area (Å²) in [4.78, 5) is 0.905. The van der Waals surface area contributed by atoms with Gasteiger partial charge in [0.05, 0.1) is 5.02 Å². The van der Waals surface area contributed by atoms with Crippen LogP contribution in [0.5, 0.6) is 0 Å². The first-order chi connectivity index (χ1) is 11.9. The molecule has 2 rings (SSSR count). The second kappa shape index (κ2) is 8.97. The molecule has 25 heavy (non-hydrogen) atoms. The van der Waals surface area contributed by atoms with Crippen molar-refractivity contribution < 1.29 is 13.2 Å². The van der Waals surface area contributed by atoms with Gasteiger partial charge in [0.2, 0.25) is 0 Å². The first kappa shape index (κ1) is 20.1. The fraction of sp³-hybridized carbons (Fsp3) is 0.368. The van der Waals surface area contributed by atoms with Gasteiger partial charge in [-0.15, -0.1) is 11.8 Å². The first-order valence-corrected chi connectivity index (χ1v) is 9.52. The number of thioether (sulfide) groups is 1. The Labute approximate surface area is 155 Å². The van der Waals surface area contributed by atoms with Crippen LogP contribution in [0.25, 0.3) is 0 Å². The van der Waals surface area contributed by atoms with E-state index in [1.807, 2.05) is 13.0 Å². The number of benzene rings is 2. The van der Waals surface area contributed by atoms with Gasteiger partial charge in [-0.25, -0.2) is 13.2 Å². The number of halogens is 4. The van der Waals surface area contributed by atoms with Gasteiger partial charge in [-0.1, -0.05) is 18.5 Å². The zero-order chi connectivity index (χ0) is 18.6. The van der Waals surface area contributed by atoms with E-state index in [0.717, 1.165) is 47.4 Å². The number of hydrogen-bond acceptors (Lipinski definition) is 2. The third-order valence-electron chi connectivity index (χ3n) is 4.09. The quantitative estimate of drug-likeness (QED) is 0.479. The summed E-state index contributed by atoms with van der Waals surface area (Å²) in [6, 6.07) is 3.96. The van der Waals surface area contributed by atoms with E-state index in [1.54, 1.807) is 0 Å². The molecule has 0 fully saturated rings. The lowest BCUT2D eigenvalue weighted by atomic mass is 9.96. The van der Waals surface area contributed by atoms with Gasteiger partial charge < -0.3 is 5.73 Å². The minimum absolute atomic E-state index is 0.301. The fourth-order valence-corrected chi connectivity index (χ4v) is 4.42. The van der Waals surface area contributed by atoms with E-state index >= 15 is 0 Å². The Morgan fingerprint density at radius 2 is 1.72 bits per heavy atom. The van der Waals surface area contributed by atoms with Crippen molar-refractivity contribution in [2.75, 3.05) is 6.54 Å². The summed E-state index contributed by atoms with van der Waals surface area (Å²) >= 11 is 7.85. The molecule has 0 aliphatic heterocycles. The van der Waals surface area contributed by atoms with Crippen LogP contribution in [0.3, 0.4) is 0 Å². The second-order valence-electron chi connectivity index (χ2n) is 5.87. The Hall–Kier alpha value is -1.17. The summed E-state index contributed by atoms with van der Waals surface area (Å²) in [5.74, 6) is -3.50.